The number of hydrogen-bond acceptors (Lipinski definition) is 3. The van der Waals surface area contributed by atoms with Crippen molar-refractivity contribution >= 4 is 23.2 Å². The van der Waals surface area contributed by atoms with Gasteiger partial charge in [0, 0.05) is 17.8 Å². The highest BCUT2D eigenvalue weighted by molar-refractivity contribution is 6.31. The fourth-order valence-electron chi connectivity index (χ4n) is 3.79. The van der Waals surface area contributed by atoms with Gasteiger partial charge in [-0.15, -0.1) is 0 Å². The first-order valence-electron chi connectivity index (χ1n) is 9.96. The Balaban J connectivity index is 1.50. The van der Waals surface area contributed by atoms with Gasteiger partial charge in [0.2, 0.25) is 0 Å². The summed E-state index contributed by atoms with van der Waals surface area (Å²) in [6.45, 7) is 6.93. The Labute approximate surface area is 176 Å². The highest BCUT2D eigenvalue weighted by atomic mass is 35.5. The number of aromatic nitrogens is 2. The van der Waals surface area contributed by atoms with Crippen molar-refractivity contribution in [2.75, 3.05) is 18.4 Å². The second-order valence-corrected chi connectivity index (χ2v) is 7.92. The van der Waals surface area contributed by atoms with Crippen LogP contribution in [0.15, 0.2) is 48.5 Å². The molecule has 0 aliphatic carbocycles. The number of halogens is 1. The Morgan fingerprint density at radius 3 is 2.41 bits per heavy atom. The topological polar surface area (TPSA) is 50.2 Å². The number of rotatable bonds is 5. The molecule has 4 rings (SSSR count). The first-order valence-corrected chi connectivity index (χ1v) is 10.3. The average Bonchev–Trinajstić information content (AvgIpc) is 3.33. The van der Waals surface area contributed by atoms with Crippen LogP contribution >= 0.6 is 11.6 Å². The van der Waals surface area contributed by atoms with Crippen LogP contribution in [-0.2, 0) is 6.54 Å². The molecule has 1 aliphatic rings. The van der Waals surface area contributed by atoms with E-state index in [-0.39, 0.29) is 5.91 Å². The monoisotopic (exact) mass is 408 g/mol. The van der Waals surface area contributed by atoms with Crippen molar-refractivity contribution in [2.45, 2.75) is 33.2 Å². The molecule has 2 heterocycles. The number of para-hydroxylation sites is 1. The number of likely N-dealkylation sites (tertiary alicyclic amines) is 1. The molecular weight excluding hydrogens is 384 g/mol. The second kappa shape index (κ2) is 8.39. The fraction of sp³-hybridized carbons (Fsp3) is 0.304. The van der Waals surface area contributed by atoms with Gasteiger partial charge in [-0.05, 0) is 75.7 Å². The average molecular weight is 409 g/mol. The number of anilines is 1. The summed E-state index contributed by atoms with van der Waals surface area (Å²) in [5, 5.41) is 8.21. The number of carbonyl (C=O) groups is 1. The Bertz CT molecular complexity index is 1020. The summed E-state index contributed by atoms with van der Waals surface area (Å²) in [4.78, 5) is 15.2. The number of hydrogen-bond donors (Lipinski definition) is 1. The lowest BCUT2D eigenvalue weighted by molar-refractivity contribution is 0.102. The van der Waals surface area contributed by atoms with E-state index in [0.717, 1.165) is 48.0 Å². The molecule has 1 aromatic heterocycles. The highest BCUT2D eigenvalue weighted by Gasteiger charge is 2.16. The number of carbonyl (C=O) groups excluding carboxylic acids is 1. The van der Waals surface area contributed by atoms with Crippen LogP contribution in [0.5, 0.6) is 0 Å². The van der Waals surface area contributed by atoms with E-state index in [9.17, 15) is 4.79 Å². The molecule has 1 N–H and O–H groups in total. The van der Waals surface area contributed by atoms with Gasteiger partial charge in [0.05, 0.1) is 22.1 Å². The molecule has 0 radical (unpaired) electrons. The number of benzene rings is 2. The number of nitrogens with zero attached hydrogens (tertiary/aromatic N) is 3. The summed E-state index contributed by atoms with van der Waals surface area (Å²) in [7, 11) is 0. The quantitative estimate of drug-likeness (QED) is 0.647. The van der Waals surface area contributed by atoms with Crippen molar-refractivity contribution in [3.63, 3.8) is 0 Å². The third-order valence-corrected chi connectivity index (χ3v) is 5.98. The van der Waals surface area contributed by atoms with Gasteiger partial charge >= 0.3 is 0 Å². The zero-order valence-corrected chi connectivity index (χ0v) is 17.5. The van der Waals surface area contributed by atoms with E-state index in [1.165, 1.54) is 12.8 Å². The van der Waals surface area contributed by atoms with Crippen molar-refractivity contribution in [1.82, 2.24) is 14.7 Å². The van der Waals surface area contributed by atoms with Crippen LogP contribution < -0.4 is 5.32 Å². The van der Waals surface area contributed by atoms with Crippen LogP contribution in [0.4, 0.5) is 5.69 Å². The summed E-state index contributed by atoms with van der Waals surface area (Å²) in [6.07, 6.45) is 2.50. The summed E-state index contributed by atoms with van der Waals surface area (Å²) < 4.78 is 1.80. The van der Waals surface area contributed by atoms with Crippen molar-refractivity contribution in [1.29, 1.82) is 0 Å². The Morgan fingerprint density at radius 1 is 1.07 bits per heavy atom. The molecule has 0 unspecified atom stereocenters. The van der Waals surface area contributed by atoms with Crippen molar-refractivity contribution in [2.24, 2.45) is 0 Å². The van der Waals surface area contributed by atoms with Gasteiger partial charge in [0.25, 0.3) is 5.91 Å². The largest absolute Gasteiger partial charge is 0.322 e. The molecule has 6 heteroatoms. The molecule has 2 aromatic carbocycles. The smallest absolute Gasteiger partial charge is 0.255 e. The third-order valence-electron chi connectivity index (χ3n) is 5.44. The summed E-state index contributed by atoms with van der Waals surface area (Å²) in [5.74, 6) is -0.114. The van der Waals surface area contributed by atoms with Gasteiger partial charge in [-0.25, -0.2) is 4.68 Å². The lowest BCUT2D eigenvalue weighted by atomic mass is 10.1. The van der Waals surface area contributed by atoms with Crippen molar-refractivity contribution in [3.05, 3.63) is 76.1 Å². The van der Waals surface area contributed by atoms with E-state index in [0.29, 0.717) is 10.6 Å². The molecular formula is C23H25ClN4O. The molecule has 150 valence electrons. The van der Waals surface area contributed by atoms with Gasteiger partial charge < -0.3 is 5.32 Å². The predicted molar refractivity (Wildman–Crippen MR) is 117 cm³/mol. The number of aryl methyl sites for hydroxylation is 1. The Kier molecular flexibility index (Phi) is 5.69. The first kappa shape index (κ1) is 19.7. The molecule has 1 aliphatic heterocycles. The maximum absolute atomic E-state index is 12.8. The molecule has 5 nitrogen and oxygen atoms in total. The zero-order valence-electron chi connectivity index (χ0n) is 16.8. The normalized spacial score (nSPS) is 14.3. The van der Waals surface area contributed by atoms with Gasteiger partial charge in [-0.2, -0.15) is 5.10 Å². The molecule has 29 heavy (non-hydrogen) atoms. The van der Waals surface area contributed by atoms with E-state index in [4.69, 9.17) is 11.6 Å². The molecule has 1 amide bonds. The number of amides is 1. The molecule has 0 atom stereocenters. The Hall–Kier alpha value is -2.63. The molecule has 3 aromatic rings. The SMILES string of the molecule is Cc1nn(-c2ccc(C(=O)Nc3ccccc3CN3CCCC3)cc2)c(C)c1Cl. The summed E-state index contributed by atoms with van der Waals surface area (Å²) in [5.41, 5.74) is 5.19. The minimum Gasteiger partial charge on any atom is -0.322 e. The maximum Gasteiger partial charge on any atom is 0.255 e. The van der Waals surface area contributed by atoms with Gasteiger partial charge in [-0.1, -0.05) is 29.8 Å². The summed E-state index contributed by atoms with van der Waals surface area (Å²) >= 11 is 6.24. The maximum atomic E-state index is 12.8. The minimum atomic E-state index is -0.114. The van der Waals surface area contributed by atoms with Crippen LogP contribution in [0.25, 0.3) is 5.69 Å². The van der Waals surface area contributed by atoms with Crippen molar-refractivity contribution < 1.29 is 4.79 Å². The van der Waals surface area contributed by atoms with E-state index >= 15 is 0 Å². The Morgan fingerprint density at radius 2 is 1.76 bits per heavy atom. The number of nitrogens with one attached hydrogen (secondary N) is 1. The van der Waals surface area contributed by atoms with Crippen LogP contribution in [0.1, 0.15) is 40.2 Å². The minimum absolute atomic E-state index is 0.114. The van der Waals surface area contributed by atoms with Crippen molar-refractivity contribution in [3.8, 4) is 5.69 Å². The lowest BCUT2D eigenvalue weighted by Gasteiger charge is -2.18. The van der Waals surface area contributed by atoms with E-state index < -0.39 is 0 Å². The van der Waals surface area contributed by atoms with Crippen LogP contribution in [0, 0.1) is 13.8 Å². The van der Waals surface area contributed by atoms with E-state index in [1.807, 2.05) is 56.3 Å². The predicted octanol–water partition coefficient (Wildman–Crippen LogP) is 4.99. The van der Waals surface area contributed by atoms with Gasteiger partial charge in [-0.3, -0.25) is 9.69 Å². The van der Waals surface area contributed by atoms with E-state index in [1.54, 1.807) is 4.68 Å². The van der Waals surface area contributed by atoms with Gasteiger partial charge in [0.1, 0.15) is 0 Å². The van der Waals surface area contributed by atoms with E-state index in [2.05, 4.69) is 21.4 Å². The fourth-order valence-corrected chi connectivity index (χ4v) is 3.90. The molecule has 1 fully saturated rings. The third kappa shape index (κ3) is 4.21. The van der Waals surface area contributed by atoms with Crippen LogP contribution in [-0.4, -0.2) is 33.7 Å². The van der Waals surface area contributed by atoms with Gasteiger partial charge in [0.15, 0.2) is 0 Å². The molecule has 0 bridgehead atoms. The lowest BCUT2D eigenvalue weighted by Crippen LogP contribution is -2.20. The standard InChI is InChI=1S/C23H25ClN4O/c1-16-22(24)17(2)28(26-16)20-11-9-18(10-12-20)23(29)25-21-8-4-3-7-19(21)15-27-13-5-6-14-27/h3-4,7-12H,5-6,13-15H2,1-2H3,(H,25,29). The second-order valence-electron chi connectivity index (χ2n) is 7.54. The molecule has 1 saturated heterocycles. The molecule has 0 spiro atoms. The highest BCUT2D eigenvalue weighted by Crippen LogP contribution is 2.23. The van der Waals surface area contributed by atoms with Crippen LogP contribution in [0.2, 0.25) is 5.02 Å². The molecule has 0 saturated carbocycles. The van der Waals surface area contributed by atoms with Crippen LogP contribution in [0.3, 0.4) is 0 Å². The zero-order chi connectivity index (χ0) is 20.4. The summed E-state index contributed by atoms with van der Waals surface area (Å²) in [6, 6.07) is 15.4. The first-order chi connectivity index (χ1) is 14.0.